The maximum Gasteiger partial charge on any atom is 0.324 e. The van der Waals surface area contributed by atoms with E-state index >= 15 is 0 Å². The molecule has 3 aliphatic rings. The van der Waals surface area contributed by atoms with Crippen LogP contribution in [-0.2, 0) is 16.0 Å². The Kier molecular flexibility index (Phi) is 8.72. The van der Waals surface area contributed by atoms with E-state index in [-0.39, 0.29) is 24.8 Å². The van der Waals surface area contributed by atoms with Crippen LogP contribution in [0.3, 0.4) is 0 Å². The summed E-state index contributed by atoms with van der Waals surface area (Å²) in [7, 11) is 5.02. The Hall–Kier alpha value is -2.81. The molecule has 4 amide bonds. The van der Waals surface area contributed by atoms with Gasteiger partial charge in [0.2, 0.25) is 5.91 Å². The fraction of sp³-hybridized carbons (Fsp3) is 0.667. The lowest BCUT2D eigenvalue weighted by Crippen LogP contribution is -2.51. The third kappa shape index (κ3) is 5.94. The lowest BCUT2D eigenvalue weighted by Gasteiger charge is -2.45. The van der Waals surface area contributed by atoms with Crippen molar-refractivity contribution in [1.29, 1.82) is 0 Å². The van der Waals surface area contributed by atoms with E-state index in [0.717, 1.165) is 12.1 Å². The molecule has 0 unspecified atom stereocenters. The lowest BCUT2D eigenvalue weighted by atomic mass is 9.83. The Bertz CT molecular complexity index is 952. The maximum atomic E-state index is 12.9. The number of nitrogens with zero attached hydrogens (tertiary/aromatic N) is 3. The molecule has 9 nitrogen and oxygen atoms in total. The molecule has 36 heavy (non-hydrogen) atoms. The molecule has 3 aliphatic heterocycles. The summed E-state index contributed by atoms with van der Waals surface area (Å²) < 4.78 is 10.6. The number of hydrogen-bond donors (Lipinski definition) is 1. The van der Waals surface area contributed by atoms with Gasteiger partial charge in [-0.25, -0.2) is 4.79 Å². The van der Waals surface area contributed by atoms with Crippen LogP contribution < -0.4 is 14.8 Å². The van der Waals surface area contributed by atoms with E-state index in [1.54, 1.807) is 14.2 Å². The number of carbonyl (C=O) groups excluding carboxylic acids is 3. The monoisotopic (exact) mass is 500 g/mol. The van der Waals surface area contributed by atoms with E-state index in [4.69, 9.17) is 9.47 Å². The molecule has 3 saturated heterocycles. The first-order valence-electron chi connectivity index (χ1n) is 13.2. The second-order valence-electron chi connectivity index (χ2n) is 10.2. The van der Waals surface area contributed by atoms with Gasteiger partial charge < -0.3 is 24.6 Å². The van der Waals surface area contributed by atoms with Gasteiger partial charge in [-0.05, 0) is 75.2 Å². The molecule has 3 fully saturated rings. The van der Waals surface area contributed by atoms with Gasteiger partial charge in [0, 0.05) is 32.6 Å². The first-order chi connectivity index (χ1) is 17.4. The summed E-state index contributed by atoms with van der Waals surface area (Å²) in [6.07, 6.45) is 7.24. The standard InChI is InChI=1S/C27H40N4O5/c1-29(18-20-7-6-15-30-14-5-4-8-22(20)30)25(32)12-10-21-26(33)31(27(34)28-21)16-13-19-9-11-23(35-2)24(17-19)36-3/h9,11,17,20-22H,4-8,10,12-16,18H2,1-3H3,(H,28,34)/t20-,21+,22-/m0/s1. The number of carbonyl (C=O) groups is 3. The Morgan fingerprint density at radius 3 is 2.64 bits per heavy atom. The molecular weight excluding hydrogens is 460 g/mol. The minimum Gasteiger partial charge on any atom is -0.493 e. The molecular formula is C27H40N4O5. The number of piperidine rings is 2. The summed E-state index contributed by atoms with van der Waals surface area (Å²) in [5, 5.41) is 2.76. The largest absolute Gasteiger partial charge is 0.493 e. The van der Waals surface area contributed by atoms with Crippen LogP contribution in [0, 0.1) is 5.92 Å². The molecule has 0 aromatic heterocycles. The summed E-state index contributed by atoms with van der Waals surface area (Å²) in [6.45, 7) is 3.40. The van der Waals surface area contributed by atoms with E-state index in [9.17, 15) is 14.4 Å². The second-order valence-corrected chi connectivity index (χ2v) is 10.2. The number of urea groups is 1. The van der Waals surface area contributed by atoms with Crippen molar-refractivity contribution in [3.63, 3.8) is 0 Å². The Labute approximate surface area is 214 Å². The predicted octanol–water partition coefficient (Wildman–Crippen LogP) is 2.67. The number of ether oxygens (including phenoxy) is 2. The smallest absolute Gasteiger partial charge is 0.324 e. The molecule has 4 rings (SSSR count). The van der Waals surface area contributed by atoms with Crippen LogP contribution in [0.5, 0.6) is 11.5 Å². The van der Waals surface area contributed by atoms with Gasteiger partial charge in [0.05, 0.1) is 14.2 Å². The number of imide groups is 1. The maximum absolute atomic E-state index is 12.9. The first kappa shape index (κ1) is 26.3. The SMILES string of the molecule is COc1ccc(CCN2C(=O)N[C@H](CCC(=O)N(C)C[C@@H]3CCCN4CCCC[C@@H]34)C2=O)cc1OC. The lowest BCUT2D eigenvalue weighted by molar-refractivity contribution is -0.131. The van der Waals surface area contributed by atoms with Crippen molar-refractivity contribution >= 4 is 17.8 Å². The molecule has 1 aromatic carbocycles. The molecule has 3 heterocycles. The van der Waals surface area contributed by atoms with E-state index < -0.39 is 12.1 Å². The molecule has 0 spiro atoms. The van der Waals surface area contributed by atoms with Crippen molar-refractivity contribution in [3.05, 3.63) is 23.8 Å². The molecule has 0 bridgehead atoms. The van der Waals surface area contributed by atoms with Crippen molar-refractivity contribution in [2.24, 2.45) is 5.92 Å². The van der Waals surface area contributed by atoms with Crippen molar-refractivity contribution in [2.75, 3.05) is 47.4 Å². The summed E-state index contributed by atoms with van der Waals surface area (Å²) >= 11 is 0. The molecule has 198 valence electrons. The zero-order valence-electron chi connectivity index (χ0n) is 21.8. The van der Waals surface area contributed by atoms with Crippen LogP contribution in [0.2, 0.25) is 0 Å². The minimum absolute atomic E-state index is 0.0359. The molecule has 3 atom stereocenters. The zero-order valence-corrected chi connectivity index (χ0v) is 21.8. The third-order valence-corrected chi connectivity index (χ3v) is 7.99. The second kappa shape index (κ2) is 12.0. The summed E-state index contributed by atoms with van der Waals surface area (Å²) in [6, 6.07) is 5.10. The average Bonchev–Trinajstić information content (AvgIpc) is 3.17. The summed E-state index contributed by atoms with van der Waals surface area (Å²) in [4.78, 5) is 43.9. The van der Waals surface area contributed by atoms with Crippen LogP contribution >= 0.6 is 0 Å². The van der Waals surface area contributed by atoms with Gasteiger partial charge >= 0.3 is 6.03 Å². The highest BCUT2D eigenvalue weighted by Crippen LogP contribution is 2.31. The first-order valence-corrected chi connectivity index (χ1v) is 13.2. The van der Waals surface area contributed by atoms with Crippen molar-refractivity contribution in [2.45, 2.75) is 63.5 Å². The number of hydrogen-bond acceptors (Lipinski definition) is 6. The van der Waals surface area contributed by atoms with E-state index in [1.807, 2.05) is 30.1 Å². The van der Waals surface area contributed by atoms with Crippen LogP contribution in [0.15, 0.2) is 18.2 Å². The van der Waals surface area contributed by atoms with Gasteiger partial charge in [-0.2, -0.15) is 0 Å². The summed E-state index contributed by atoms with van der Waals surface area (Å²) in [5.74, 6) is 1.53. The zero-order chi connectivity index (χ0) is 25.7. The van der Waals surface area contributed by atoms with Crippen LogP contribution in [0.25, 0.3) is 0 Å². The summed E-state index contributed by atoms with van der Waals surface area (Å²) in [5.41, 5.74) is 0.938. The highest BCUT2D eigenvalue weighted by molar-refractivity contribution is 6.04. The number of benzene rings is 1. The van der Waals surface area contributed by atoms with Gasteiger partial charge in [-0.3, -0.25) is 14.5 Å². The quantitative estimate of drug-likeness (QED) is 0.497. The number of amides is 4. The topological polar surface area (TPSA) is 91.4 Å². The normalized spacial score (nSPS) is 24.3. The van der Waals surface area contributed by atoms with Gasteiger partial charge in [-0.15, -0.1) is 0 Å². The van der Waals surface area contributed by atoms with Gasteiger partial charge in [0.1, 0.15) is 6.04 Å². The van der Waals surface area contributed by atoms with Gasteiger partial charge in [-0.1, -0.05) is 12.5 Å². The molecule has 9 heteroatoms. The van der Waals surface area contributed by atoms with E-state index in [2.05, 4.69) is 10.2 Å². The van der Waals surface area contributed by atoms with Gasteiger partial charge in [0.15, 0.2) is 11.5 Å². The fourth-order valence-corrected chi connectivity index (χ4v) is 5.96. The van der Waals surface area contributed by atoms with Crippen LogP contribution in [0.1, 0.15) is 50.5 Å². The van der Waals surface area contributed by atoms with Crippen molar-refractivity contribution in [1.82, 2.24) is 20.0 Å². The number of methoxy groups -OCH3 is 2. The van der Waals surface area contributed by atoms with Crippen molar-refractivity contribution in [3.8, 4) is 11.5 Å². The fourth-order valence-electron chi connectivity index (χ4n) is 5.96. The van der Waals surface area contributed by atoms with Crippen molar-refractivity contribution < 1.29 is 23.9 Å². The van der Waals surface area contributed by atoms with Gasteiger partial charge in [0.25, 0.3) is 5.91 Å². The number of rotatable bonds is 10. The Morgan fingerprint density at radius 1 is 1.08 bits per heavy atom. The highest BCUT2D eigenvalue weighted by Gasteiger charge is 2.38. The number of nitrogens with one attached hydrogen (secondary N) is 1. The third-order valence-electron chi connectivity index (χ3n) is 7.99. The average molecular weight is 501 g/mol. The van der Waals surface area contributed by atoms with Crippen LogP contribution in [-0.4, -0.2) is 92.1 Å². The molecule has 0 saturated carbocycles. The van der Waals surface area contributed by atoms with E-state index in [1.165, 1.54) is 50.1 Å². The highest BCUT2D eigenvalue weighted by atomic mass is 16.5. The molecule has 0 radical (unpaired) electrons. The Morgan fingerprint density at radius 2 is 1.86 bits per heavy atom. The van der Waals surface area contributed by atoms with Crippen LogP contribution in [0.4, 0.5) is 4.79 Å². The Balaban J connectivity index is 1.25. The molecule has 0 aliphatic carbocycles. The molecule has 1 N–H and O–H groups in total. The number of fused-ring (bicyclic) bond motifs is 1. The van der Waals surface area contributed by atoms with E-state index in [0.29, 0.717) is 36.3 Å². The molecule has 1 aromatic rings. The predicted molar refractivity (Wildman–Crippen MR) is 136 cm³/mol. The minimum atomic E-state index is -0.649.